The quantitative estimate of drug-likeness (QED) is 0.714. The van der Waals surface area contributed by atoms with Crippen LogP contribution in [0, 0.1) is 0 Å². The SMILES string of the molecule is C[Si](C)(C)O[Si](C)(CCc1coc(=O)o1)O[Si](C)(C)C. The minimum absolute atomic E-state index is 0.562. The van der Waals surface area contributed by atoms with Crippen molar-refractivity contribution in [1.82, 2.24) is 0 Å². The van der Waals surface area contributed by atoms with E-state index < -0.39 is 31.0 Å². The smallest absolute Gasteiger partial charge is 0.437 e. The third-order valence-corrected chi connectivity index (χ3v) is 11.9. The summed E-state index contributed by atoms with van der Waals surface area (Å²) in [5.74, 6) is -0.0901. The molecule has 0 N–H and O–H groups in total. The molecule has 0 bridgehead atoms. The van der Waals surface area contributed by atoms with Crippen LogP contribution < -0.4 is 5.82 Å². The van der Waals surface area contributed by atoms with E-state index in [4.69, 9.17) is 12.6 Å². The summed E-state index contributed by atoms with van der Waals surface area (Å²) in [6, 6.07) is 0.768. The first-order valence-electron chi connectivity index (χ1n) is 6.86. The van der Waals surface area contributed by atoms with Crippen molar-refractivity contribution < 1.29 is 17.1 Å². The minimum atomic E-state index is -2.27. The molecule has 0 fully saturated rings. The zero-order valence-corrected chi connectivity index (χ0v) is 16.5. The second kappa shape index (κ2) is 6.14. The number of rotatable bonds is 7. The van der Waals surface area contributed by atoms with Crippen molar-refractivity contribution in [2.75, 3.05) is 0 Å². The Labute approximate surface area is 123 Å². The van der Waals surface area contributed by atoms with E-state index in [1.165, 1.54) is 6.26 Å². The van der Waals surface area contributed by atoms with Gasteiger partial charge in [-0.25, -0.2) is 4.79 Å². The van der Waals surface area contributed by atoms with E-state index in [-0.39, 0.29) is 0 Å². The van der Waals surface area contributed by atoms with Gasteiger partial charge in [-0.05, 0) is 51.9 Å². The second-order valence-electron chi connectivity index (χ2n) is 7.12. The van der Waals surface area contributed by atoms with Crippen molar-refractivity contribution in [2.24, 2.45) is 0 Å². The van der Waals surface area contributed by atoms with Gasteiger partial charge >= 0.3 is 14.4 Å². The van der Waals surface area contributed by atoms with Crippen molar-refractivity contribution in [3.63, 3.8) is 0 Å². The summed E-state index contributed by atoms with van der Waals surface area (Å²) in [5, 5.41) is 0. The lowest BCUT2D eigenvalue weighted by Crippen LogP contribution is -2.52. The number of hydrogen-bond donors (Lipinski definition) is 0. The molecule has 0 aliphatic carbocycles. The molecule has 0 spiro atoms. The largest absolute Gasteiger partial charge is 0.518 e. The summed E-state index contributed by atoms with van der Waals surface area (Å²) in [7, 11) is -5.64. The Kier molecular flexibility index (Phi) is 5.41. The number of hydrogen-bond acceptors (Lipinski definition) is 5. The lowest BCUT2D eigenvalue weighted by molar-refractivity contribution is 0.364. The molecule has 0 saturated carbocycles. The molecule has 0 aliphatic rings. The lowest BCUT2D eigenvalue weighted by Gasteiger charge is -2.38. The van der Waals surface area contributed by atoms with E-state index in [1.54, 1.807) is 0 Å². The van der Waals surface area contributed by atoms with Gasteiger partial charge in [-0.1, -0.05) is 0 Å². The third kappa shape index (κ3) is 6.84. The molecule has 1 rings (SSSR count). The summed E-state index contributed by atoms with van der Waals surface area (Å²) in [6.07, 6.45) is 1.99. The fraction of sp³-hybridized carbons (Fsp3) is 0.750. The molecular weight excluding hydrogens is 308 g/mol. The van der Waals surface area contributed by atoms with Crippen molar-refractivity contribution in [2.45, 2.75) is 58.3 Å². The van der Waals surface area contributed by atoms with E-state index in [2.05, 4.69) is 50.2 Å². The van der Waals surface area contributed by atoms with E-state index in [9.17, 15) is 4.79 Å². The van der Waals surface area contributed by atoms with Crippen molar-refractivity contribution in [3.05, 3.63) is 22.6 Å². The van der Waals surface area contributed by atoms with Crippen LogP contribution in [-0.4, -0.2) is 25.2 Å². The van der Waals surface area contributed by atoms with Crippen LogP contribution in [0.3, 0.4) is 0 Å². The van der Waals surface area contributed by atoms with Gasteiger partial charge in [0.05, 0.1) is 0 Å². The van der Waals surface area contributed by atoms with E-state index in [0.717, 1.165) is 6.04 Å². The highest BCUT2D eigenvalue weighted by molar-refractivity contribution is 6.87. The molecule has 0 amide bonds. The predicted molar refractivity (Wildman–Crippen MR) is 86.2 cm³/mol. The lowest BCUT2D eigenvalue weighted by atomic mass is 10.4. The standard InChI is InChI=1S/C12H26O5Si3/c1-18(2,3)16-20(7,17-19(4,5)6)9-8-11-10-14-12(13)15-11/h10H,8-9H2,1-7H3. The molecule has 1 heterocycles. The Morgan fingerprint density at radius 1 is 1.00 bits per heavy atom. The summed E-state index contributed by atoms with van der Waals surface area (Å²) in [5.41, 5.74) is 0. The molecule has 1 aromatic heterocycles. The molecule has 116 valence electrons. The first kappa shape index (κ1) is 17.6. The van der Waals surface area contributed by atoms with E-state index in [0.29, 0.717) is 12.2 Å². The summed E-state index contributed by atoms with van der Waals surface area (Å²) >= 11 is 0. The fourth-order valence-electron chi connectivity index (χ4n) is 2.15. The van der Waals surface area contributed by atoms with Crippen LogP contribution >= 0.6 is 0 Å². The van der Waals surface area contributed by atoms with Gasteiger partial charge in [-0.2, -0.15) is 0 Å². The maximum absolute atomic E-state index is 10.9. The Morgan fingerprint density at radius 2 is 1.50 bits per heavy atom. The van der Waals surface area contributed by atoms with Crippen LogP contribution in [-0.2, 0) is 14.7 Å². The van der Waals surface area contributed by atoms with Gasteiger partial charge < -0.3 is 17.1 Å². The molecule has 0 atom stereocenters. The average molecular weight is 335 g/mol. The van der Waals surface area contributed by atoms with Crippen LogP contribution in [0.5, 0.6) is 0 Å². The number of aryl methyl sites for hydroxylation is 1. The van der Waals surface area contributed by atoms with E-state index >= 15 is 0 Å². The monoisotopic (exact) mass is 334 g/mol. The molecule has 8 heteroatoms. The average Bonchev–Trinajstić information content (AvgIpc) is 2.55. The molecule has 1 aromatic rings. The summed E-state index contributed by atoms with van der Waals surface area (Å²) in [6.45, 7) is 15.1. The van der Waals surface area contributed by atoms with Gasteiger partial charge in [0, 0.05) is 6.42 Å². The van der Waals surface area contributed by atoms with Crippen LogP contribution in [0.1, 0.15) is 5.76 Å². The van der Waals surface area contributed by atoms with Crippen LogP contribution in [0.2, 0.25) is 51.9 Å². The Bertz CT molecular complexity index is 464. The Morgan fingerprint density at radius 3 is 1.85 bits per heavy atom. The zero-order chi connectivity index (χ0) is 15.6. The fourth-order valence-corrected chi connectivity index (χ4v) is 14.6. The topological polar surface area (TPSA) is 61.8 Å². The van der Waals surface area contributed by atoms with Gasteiger partial charge in [0.1, 0.15) is 12.0 Å². The molecule has 0 aromatic carbocycles. The molecule has 0 aliphatic heterocycles. The van der Waals surface area contributed by atoms with E-state index in [1.807, 2.05) is 0 Å². The van der Waals surface area contributed by atoms with Crippen molar-refractivity contribution >= 4 is 25.2 Å². The van der Waals surface area contributed by atoms with Crippen molar-refractivity contribution in [1.29, 1.82) is 0 Å². The Hall–Kier alpha value is -0.419. The van der Waals surface area contributed by atoms with Gasteiger partial charge in [0.15, 0.2) is 16.6 Å². The zero-order valence-electron chi connectivity index (χ0n) is 13.5. The van der Waals surface area contributed by atoms with Crippen LogP contribution in [0.15, 0.2) is 19.9 Å². The first-order valence-corrected chi connectivity index (χ1v) is 16.2. The van der Waals surface area contributed by atoms with Crippen LogP contribution in [0.25, 0.3) is 0 Å². The highest BCUT2D eigenvalue weighted by Gasteiger charge is 2.40. The first-order chi connectivity index (χ1) is 8.89. The molecule has 20 heavy (non-hydrogen) atoms. The molecular formula is C12H26O5Si3. The van der Waals surface area contributed by atoms with Crippen molar-refractivity contribution in [3.8, 4) is 0 Å². The molecule has 5 nitrogen and oxygen atoms in total. The summed E-state index contributed by atoms with van der Waals surface area (Å²) < 4.78 is 22.4. The van der Waals surface area contributed by atoms with Gasteiger partial charge in [-0.15, -0.1) is 0 Å². The van der Waals surface area contributed by atoms with Gasteiger partial charge in [0.2, 0.25) is 0 Å². The second-order valence-corrected chi connectivity index (χ2v) is 20.0. The predicted octanol–water partition coefficient (Wildman–Crippen LogP) is 3.55. The third-order valence-electron chi connectivity index (χ3n) is 2.37. The van der Waals surface area contributed by atoms with Crippen LogP contribution in [0.4, 0.5) is 0 Å². The highest BCUT2D eigenvalue weighted by Crippen LogP contribution is 2.25. The Balaban J connectivity index is 2.79. The molecule has 0 unspecified atom stereocenters. The normalized spacial score (nSPS) is 13.8. The minimum Gasteiger partial charge on any atom is -0.437 e. The van der Waals surface area contributed by atoms with Gasteiger partial charge in [-0.3, -0.25) is 0 Å². The summed E-state index contributed by atoms with van der Waals surface area (Å²) in [4.78, 5) is 10.9. The highest BCUT2D eigenvalue weighted by atomic mass is 28.5. The van der Waals surface area contributed by atoms with Gasteiger partial charge in [0.25, 0.3) is 0 Å². The maximum Gasteiger partial charge on any atom is 0.518 e. The molecule has 0 radical (unpaired) electrons. The molecule has 0 saturated heterocycles. The maximum atomic E-state index is 10.9.